The van der Waals surface area contributed by atoms with Crippen molar-refractivity contribution >= 4 is 43.8 Å². The fourth-order valence-corrected chi connectivity index (χ4v) is 3.83. The van der Waals surface area contributed by atoms with E-state index in [0.29, 0.717) is 17.0 Å². The first-order valence-electron chi connectivity index (χ1n) is 6.05. The number of aliphatic hydroxyl groups is 1. The van der Waals surface area contributed by atoms with Gasteiger partial charge < -0.3 is 5.11 Å². The van der Waals surface area contributed by atoms with Gasteiger partial charge in [-0.25, -0.2) is 4.98 Å². The Morgan fingerprint density at radius 2 is 2.30 bits per heavy atom. The van der Waals surface area contributed by atoms with Crippen LogP contribution in [0.5, 0.6) is 0 Å². The van der Waals surface area contributed by atoms with Crippen LogP contribution in [0, 0.1) is 0 Å². The van der Waals surface area contributed by atoms with Crippen molar-refractivity contribution in [2.45, 2.75) is 18.9 Å². The van der Waals surface area contributed by atoms with Gasteiger partial charge in [0.25, 0.3) is 0 Å². The third-order valence-corrected chi connectivity index (χ3v) is 4.76. The molecule has 0 aliphatic rings. The Hall–Kier alpha value is -0.880. The fourth-order valence-electron chi connectivity index (χ4n) is 2.24. The van der Waals surface area contributed by atoms with Crippen LogP contribution in [0.15, 0.2) is 40.4 Å². The van der Waals surface area contributed by atoms with Crippen LogP contribution < -0.4 is 0 Å². The Labute approximate surface area is 134 Å². The molecule has 0 bridgehead atoms. The minimum Gasteiger partial charge on any atom is -0.385 e. The van der Waals surface area contributed by atoms with Crippen molar-refractivity contribution in [3.63, 3.8) is 0 Å². The third-order valence-electron chi connectivity index (χ3n) is 3.18. The van der Waals surface area contributed by atoms with E-state index in [2.05, 4.69) is 20.9 Å². The van der Waals surface area contributed by atoms with E-state index in [-0.39, 0.29) is 0 Å². The first-order chi connectivity index (χ1) is 9.45. The number of rotatable bonds is 3. The second-order valence-corrected chi connectivity index (χ2v) is 7.10. The first-order valence-corrected chi connectivity index (χ1v) is 8.10. The number of halogens is 2. The first kappa shape index (κ1) is 14.1. The summed E-state index contributed by atoms with van der Waals surface area (Å²) in [5.74, 6) is 0. The maximum Gasteiger partial charge on any atom is 0.193 e. The van der Waals surface area contributed by atoms with E-state index in [1.54, 1.807) is 24.3 Å². The van der Waals surface area contributed by atoms with Gasteiger partial charge in [0.05, 0.1) is 11.3 Å². The summed E-state index contributed by atoms with van der Waals surface area (Å²) in [4.78, 5) is 5.43. The number of thiazole rings is 1. The molecule has 3 rings (SSSR count). The van der Waals surface area contributed by atoms with Crippen molar-refractivity contribution in [2.75, 3.05) is 0 Å². The minimum atomic E-state index is -1.05. The highest BCUT2D eigenvalue weighted by atomic mass is 79.9. The SMILES string of the molecule is CC(O)(Cc1cn2ccsc2n1)c1ccc(Br)cc1Cl. The molecule has 2 heterocycles. The molecule has 0 spiro atoms. The van der Waals surface area contributed by atoms with Crippen LogP contribution in [0.3, 0.4) is 0 Å². The van der Waals surface area contributed by atoms with Crippen molar-refractivity contribution in [1.29, 1.82) is 0 Å². The van der Waals surface area contributed by atoms with Gasteiger partial charge in [0, 0.05) is 39.3 Å². The fraction of sp³-hybridized carbons (Fsp3) is 0.214. The second-order valence-electron chi connectivity index (χ2n) is 4.90. The molecule has 1 unspecified atom stereocenters. The van der Waals surface area contributed by atoms with Crippen LogP contribution in [0.2, 0.25) is 5.02 Å². The number of aromatic nitrogens is 2. The third kappa shape index (κ3) is 2.63. The zero-order valence-corrected chi connectivity index (χ0v) is 13.8. The number of hydrogen-bond donors (Lipinski definition) is 1. The summed E-state index contributed by atoms with van der Waals surface area (Å²) in [7, 11) is 0. The Balaban J connectivity index is 1.93. The summed E-state index contributed by atoms with van der Waals surface area (Å²) >= 11 is 11.2. The van der Waals surface area contributed by atoms with Gasteiger partial charge in [0.2, 0.25) is 0 Å². The summed E-state index contributed by atoms with van der Waals surface area (Å²) in [6.45, 7) is 1.76. The quantitative estimate of drug-likeness (QED) is 0.747. The van der Waals surface area contributed by atoms with Crippen molar-refractivity contribution in [2.24, 2.45) is 0 Å². The van der Waals surface area contributed by atoms with E-state index in [9.17, 15) is 5.11 Å². The average molecular weight is 372 g/mol. The van der Waals surface area contributed by atoms with Gasteiger partial charge >= 0.3 is 0 Å². The summed E-state index contributed by atoms with van der Waals surface area (Å²) in [6, 6.07) is 5.50. The lowest BCUT2D eigenvalue weighted by Crippen LogP contribution is -2.25. The van der Waals surface area contributed by atoms with Crippen LogP contribution in [-0.4, -0.2) is 14.5 Å². The van der Waals surface area contributed by atoms with Crippen LogP contribution in [0.1, 0.15) is 18.2 Å². The summed E-state index contributed by atoms with van der Waals surface area (Å²) in [5, 5.41) is 13.3. The lowest BCUT2D eigenvalue weighted by atomic mass is 9.91. The van der Waals surface area contributed by atoms with Crippen molar-refractivity contribution in [3.8, 4) is 0 Å². The van der Waals surface area contributed by atoms with Gasteiger partial charge in [-0.3, -0.25) is 4.40 Å². The number of hydrogen-bond acceptors (Lipinski definition) is 3. The molecule has 1 aromatic carbocycles. The maximum atomic E-state index is 10.7. The van der Waals surface area contributed by atoms with E-state index in [0.717, 1.165) is 15.1 Å². The van der Waals surface area contributed by atoms with Gasteiger partial charge in [0.1, 0.15) is 0 Å². The van der Waals surface area contributed by atoms with Crippen LogP contribution in [0.25, 0.3) is 4.96 Å². The standard InChI is InChI=1S/C14H12BrClN2OS/c1-14(19,11-3-2-9(15)6-12(11)16)7-10-8-18-4-5-20-13(18)17-10/h2-6,8,19H,7H2,1H3. The molecule has 3 nitrogen and oxygen atoms in total. The largest absolute Gasteiger partial charge is 0.385 e. The lowest BCUT2D eigenvalue weighted by Gasteiger charge is -2.24. The maximum absolute atomic E-state index is 10.7. The highest BCUT2D eigenvalue weighted by molar-refractivity contribution is 9.10. The number of fused-ring (bicyclic) bond motifs is 1. The number of imidazole rings is 1. The number of benzene rings is 1. The van der Waals surface area contributed by atoms with E-state index < -0.39 is 5.60 Å². The van der Waals surface area contributed by atoms with E-state index >= 15 is 0 Å². The molecule has 0 fully saturated rings. The van der Waals surface area contributed by atoms with Crippen molar-refractivity contribution in [3.05, 3.63) is 56.7 Å². The van der Waals surface area contributed by atoms with Crippen LogP contribution in [-0.2, 0) is 12.0 Å². The molecule has 1 N–H and O–H groups in total. The second kappa shape index (κ2) is 5.15. The predicted octanol–water partition coefficient (Wildman–Crippen LogP) is 4.26. The highest BCUT2D eigenvalue weighted by Crippen LogP contribution is 2.33. The molecular weight excluding hydrogens is 360 g/mol. The molecule has 0 aliphatic carbocycles. The molecular formula is C14H12BrClN2OS. The molecule has 0 radical (unpaired) electrons. The van der Waals surface area contributed by atoms with E-state index in [1.165, 1.54) is 0 Å². The smallest absolute Gasteiger partial charge is 0.193 e. The highest BCUT2D eigenvalue weighted by Gasteiger charge is 2.27. The molecule has 104 valence electrons. The molecule has 0 aliphatic heterocycles. The van der Waals surface area contributed by atoms with Crippen LogP contribution in [0.4, 0.5) is 0 Å². The topological polar surface area (TPSA) is 37.5 Å². The Morgan fingerprint density at radius 1 is 1.50 bits per heavy atom. The van der Waals surface area contributed by atoms with Gasteiger partial charge in [-0.1, -0.05) is 33.6 Å². The van der Waals surface area contributed by atoms with Gasteiger partial charge in [-0.05, 0) is 19.1 Å². The van der Waals surface area contributed by atoms with Crippen LogP contribution >= 0.6 is 38.9 Å². The molecule has 3 aromatic rings. The monoisotopic (exact) mass is 370 g/mol. The van der Waals surface area contributed by atoms with Gasteiger partial charge in [0.15, 0.2) is 4.96 Å². The molecule has 0 saturated heterocycles. The summed E-state index contributed by atoms with van der Waals surface area (Å²) < 4.78 is 2.85. The van der Waals surface area contributed by atoms with Crippen molar-refractivity contribution < 1.29 is 5.11 Å². The summed E-state index contributed by atoms with van der Waals surface area (Å²) in [6.07, 6.45) is 4.31. The van der Waals surface area contributed by atoms with E-state index in [1.807, 2.05) is 34.3 Å². The Morgan fingerprint density at radius 3 is 3.00 bits per heavy atom. The molecule has 1 atom stereocenters. The van der Waals surface area contributed by atoms with Gasteiger partial charge in [-0.2, -0.15) is 0 Å². The van der Waals surface area contributed by atoms with Gasteiger partial charge in [-0.15, -0.1) is 11.3 Å². The summed E-state index contributed by atoms with van der Waals surface area (Å²) in [5.41, 5.74) is 0.501. The van der Waals surface area contributed by atoms with E-state index in [4.69, 9.17) is 11.6 Å². The Bertz CT molecular complexity index is 737. The average Bonchev–Trinajstić information content (AvgIpc) is 2.87. The lowest BCUT2D eigenvalue weighted by molar-refractivity contribution is 0.0568. The molecule has 2 aromatic heterocycles. The molecule has 0 amide bonds. The zero-order chi connectivity index (χ0) is 14.3. The normalized spacial score (nSPS) is 14.6. The molecule has 0 saturated carbocycles. The number of nitrogens with zero attached hydrogens (tertiary/aromatic N) is 2. The predicted molar refractivity (Wildman–Crippen MR) is 85.5 cm³/mol. The van der Waals surface area contributed by atoms with Crippen molar-refractivity contribution in [1.82, 2.24) is 9.38 Å². The molecule has 20 heavy (non-hydrogen) atoms. The Kier molecular flexibility index (Phi) is 3.62. The minimum absolute atomic E-state index is 0.419. The zero-order valence-electron chi connectivity index (χ0n) is 10.7. The molecule has 6 heteroatoms.